The lowest BCUT2D eigenvalue weighted by molar-refractivity contribution is -0.391. The number of pyridine rings is 1. The van der Waals surface area contributed by atoms with Crippen molar-refractivity contribution >= 4 is 5.82 Å². The number of nitro groups is 1. The van der Waals surface area contributed by atoms with E-state index in [0.29, 0.717) is 0 Å². The fourth-order valence-corrected chi connectivity index (χ4v) is 0.934. The van der Waals surface area contributed by atoms with Gasteiger partial charge in [0.25, 0.3) is 6.43 Å². The van der Waals surface area contributed by atoms with Crippen LogP contribution in [0.2, 0.25) is 0 Å². The molecule has 0 atom stereocenters. The third kappa shape index (κ3) is 1.66. The largest absolute Gasteiger partial charge is 0.375 e. The zero-order valence-corrected chi connectivity index (χ0v) is 7.00. The van der Waals surface area contributed by atoms with E-state index < -0.39 is 28.5 Å². The molecule has 0 aliphatic heterocycles. The topological polar surface area (TPSA) is 56.0 Å². The lowest BCUT2D eigenvalue weighted by Gasteiger charge is -2.03. The van der Waals surface area contributed by atoms with Gasteiger partial charge in [-0.05, 0) is 16.8 Å². The van der Waals surface area contributed by atoms with Crippen LogP contribution in [0, 0.1) is 22.9 Å². The van der Waals surface area contributed by atoms with Gasteiger partial charge in [-0.1, -0.05) is 0 Å². The molecule has 0 aliphatic carbocycles. The van der Waals surface area contributed by atoms with Gasteiger partial charge in [0.15, 0.2) is 5.56 Å². The molecule has 1 heterocycles. The second-order valence-electron chi connectivity index (χ2n) is 2.55. The number of alkyl halides is 2. The number of nitrogens with zero attached hydrogens (tertiary/aromatic N) is 2. The van der Waals surface area contributed by atoms with E-state index in [1.807, 2.05) is 0 Å². The number of rotatable bonds is 2. The number of aromatic nitrogens is 1. The Labute approximate surface area is 76.5 Å². The molecule has 0 aliphatic rings. The molecule has 0 saturated carbocycles. The molecule has 76 valence electrons. The van der Waals surface area contributed by atoms with Crippen molar-refractivity contribution in [1.82, 2.24) is 4.98 Å². The molecule has 0 spiro atoms. The molecule has 0 saturated heterocycles. The van der Waals surface area contributed by atoms with E-state index in [1.54, 1.807) is 0 Å². The third-order valence-electron chi connectivity index (χ3n) is 1.60. The monoisotopic (exact) mass is 206 g/mol. The smallest absolute Gasteiger partial charge is 0.358 e. The first-order chi connectivity index (χ1) is 6.45. The van der Waals surface area contributed by atoms with Gasteiger partial charge in [-0.3, -0.25) is 0 Å². The summed E-state index contributed by atoms with van der Waals surface area (Å²) in [6.45, 7) is 1.21. The summed E-state index contributed by atoms with van der Waals surface area (Å²) in [5, 5.41) is 10.2. The highest BCUT2D eigenvalue weighted by atomic mass is 19.3. The molecule has 7 heteroatoms. The van der Waals surface area contributed by atoms with Gasteiger partial charge in [0.1, 0.15) is 12.0 Å². The van der Waals surface area contributed by atoms with E-state index in [9.17, 15) is 23.3 Å². The molecule has 0 aromatic carbocycles. The second-order valence-corrected chi connectivity index (χ2v) is 2.55. The lowest BCUT2D eigenvalue weighted by Crippen LogP contribution is -2.03. The van der Waals surface area contributed by atoms with E-state index in [2.05, 4.69) is 4.98 Å². The van der Waals surface area contributed by atoms with Crippen molar-refractivity contribution in [2.45, 2.75) is 13.3 Å². The first-order valence-corrected chi connectivity index (χ1v) is 3.52. The zero-order chi connectivity index (χ0) is 10.9. The number of hydrogen-bond donors (Lipinski definition) is 0. The summed E-state index contributed by atoms with van der Waals surface area (Å²) in [7, 11) is 0. The Kier molecular flexibility index (Phi) is 2.68. The van der Waals surface area contributed by atoms with Gasteiger partial charge < -0.3 is 10.1 Å². The average molecular weight is 206 g/mol. The normalized spacial score (nSPS) is 10.6. The first-order valence-electron chi connectivity index (χ1n) is 3.52. The molecule has 14 heavy (non-hydrogen) atoms. The van der Waals surface area contributed by atoms with Gasteiger partial charge in [0.2, 0.25) is 0 Å². The molecule has 4 nitrogen and oxygen atoms in total. The second kappa shape index (κ2) is 3.60. The Balaban J connectivity index is 3.45. The SMILES string of the molecule is Cc1cnc([N+](=O)[O-])c(C(F)F)c1F. The van der Waals surface area contributed by atoms with Crippen molar-refractivity contribution in [3.05, 3.63) is 33.3 Å². The lowest BCUT2D eigenvalue weighted by atomic mass is 10.2. The van der Waals surface area contributed by atoms with E-state index in [4.69, 9.17) is 0 Å². The van der Waals surface area contributed by atoms with Gasteiger partial charge >= 0.3 is 5.82 Å². The van der Waals surface area contributed by atoms with Crippen LogP contribution in [0.3, 0.4) is 0 Å². The quantitative estimate of drug-likeness (QED) is 0.551. The van der Waals surface area contributed by atoms with Crippen molar-refractivity contribution in [3.8, 4) is 0 Å². The summed E-state index contributed by atoms with van der Waals surface area (Å²) in [5.41, 5.74) is -1.40. The van der Waals surface area contributed by atoms with E-state index in [0.717, 1.165) is 6.20 Å². The minimum atomic E-state index is -3.25. The molecule has 0 amide bonds. The van der Waals surface area contributed by atoms with Crippen molar-refractivity contribution in [2.24, 2.45) is 0 Å². The van der Waals surface area contributed by atoms with Gasteiger partial charge in [-0.15, -0.1) is 0 Å². The molecule has 0 unspecified atom stereocenters. The van der Waals surface area contributed by atoms with Crippen molar-refractivity contribution in [1.29, 1.82) is 0 Å². The highest BCUT2D eigenvalue weighted by Crippen LogP contribution is 2.30. The maximum atomic E-state index is 13.0. The standard InChI is InChI=1S/C7H5F3N2O2/c1-3-2-11-7(12(13)14)4(5(3)8)6(9)10/h2,6H,1H3. The Morgan fingerprint density at radius 2 is 2.14 bits per heavy atom. The first kappa shape index (κ1) is 10.4. The molecule has 0 radical (unpaired) electrons. The molecule has 1 rings (SSSR count). The molecular formula is C7H5F3N2O2. The summed E-state index contributed by atoms with van der Waals surface area (Å²) in [6.07, 6.45) is -2.40. The van der Waals surface area contributed by atoms with E-state index >= 15 is 0 Å². The maximum absolute atomic E-state index is 13.0. The third-order valence-corrected chi connectivity index (χ3v) is 1.60. The van der Waals surface area contributed by atoms with Crippen molar-refractivity contribution in [3.63, 3.8) is 0 Å². The van der Waals surface area contributed by atoms with Crippen LogP contribution in [-0.2, 0) is 0 Å². The van der Waals surface area contributed by atoms with Crippen LogP contribution in [0.1, 0.15) is 17.6 Å². The highest BCUT2D eigenvalue weighted by Gasteiger charge is 2.28. The van der Waals surface area contributed by atoms with Gasteiger partial charge in [0, 0.05) is 5.56 Å². The number of hydrogen-bond acceptors (Lipinski definition) is 3. The highest BCUT2D eigenvalue weighted by molar-refractivity contribution is 5.37. The molecular weight excluding hydrogens is 201 g/mol. The summed E-state index contributed by atoms with van der Waals surface area (Å²) >= 11 is 0. The number of aryl methyl sites for hydroxylation is 1. The van der Waals surface area contributed by atoms with Crippen LogP contribution in [0.5, 0.6) is 0 Å². The van der Waals surface area contributed by atoms with Crippen molar-refractivity contribution < 1.29 is 18.1 Å². The average Bonchev–Trinajstić information content (AvgIpc) is 2.08. The van der Waals surface area contributed by atoms with Crippen LogP contribution in [0.4, 0.5) is 19.0 Å². The summed E-state index contributed by atoms with van der Waals surface area (Å²) in [4.78, 5) is 12.2. The summed E-state index contributed by atoms with van der Waals surface area (Å²) in [5.74, 6) is -2.41. The molecule has 0 bridgehead atoms. The summed E-state index contributed by atoms with van der Waals surface area (Å²) < 4.78 is 37.5. The predicted octanol–water partition coefficient (Wildman–Crippen LogP) is 2.37. The number of halogens is 3. The van der Waals surface area contributed by atoms with Crippen LogP contribution in [-0.4, -0.2) is 9.91 Å². The maximum Gasteiger partial charge on any atom is 0.375 e. The van der Waals surface area contributed by atoms with Gasteiger partial charge in [0.05, 0.1) is 0 Å². The van der Waals surface area contributed by atoms with Gasteiger partial charge in [-0.25, -0.2) is 13.2 Å². The minimum Gasteiger partial charge on any atom is -0.358 e. The zero-order valence-electron chi connectivity index (χ0n) is 7.00. The Morgan fingerprint density at radius 1 is 1.57 bits per heavy atom. The summed E-state index contributed by atoms with van der Waals surface area (Å²) in [6, 6.07) is 0. The van der Waals surface area contributed by atoms with Crippen LogP contribution >= 0.6 is 0 Å². The Bertz CT molecular complexity index is 381. The molecule has 1 aromatic heterocycles. The van der Waals surface area contributed by atoms with E-state index in [-0.39, 0.29) is 5.56 Å². The molecule has 1 aromatic rings. The van der Waals surface area contributed by atoms with Crippen molar-refractivity contribution in [2.75, 3.05) is 0 Å². The fourth-order valence-electron chi connectivity index (χ4n) is 0.934. The van der Waals surface area contributed by atoms with E-state index in [1.165, 1.54) is 6.92 Å². The molecule has 0 fully saturated rings. The Morgan fingerprint density at radius 3 is 2.57 bits per heavy atom. The Hall–Kier alpha value is -1.66. The van der Waals surface area contributed by atoms with Gasteiger partial charge in [-0.2, -0.15) is 0 Å². The minimum absolute atomic E-state index is 0.147. The molecule has 0 N–H and O–H groups in total. The fraction of sp³-hybridized carbons (Fsp3) is 0.286. The van der Waals surface area contributed by atoms with Crippen LogP contribution in [0.25, 0.3) is 0 Å². The predicted molar refractivity (Wildman–Crippen MR) is 40.5 cm³/mol. The van der Waals surface area contributed by atoms with Crippen LogP contribution < -0.4 is 0 Å². The van der Waals surface area contributed by atoms with Crippen LogP contribution in [0.15, 0.2) is 6.20 Å².